The molecule has 0 bridgehead atoms. The standard InChI is InChI=1S/C24H30N4O4S/c1-5-28(23(30)31-24(2,3)4)16-17-10-6-7-11-18(17)25-20(29)13-8-14-21-26-22(27-32-21)19-12-9-15-33-19/h6-7,9-12,15H,5,8,13-14,16H2,1-4H3,(H,25,29). The lowest BCUT2D eigenvalue weighted by atomic mass is 10.1. The van der Waals surface area contributed by atoms with Crippen LogP contribution in [-0.4, -0.2) is 39.2 Å². The van der Waals surface area contributed by atoms with Crippen LogP contribution in [0.3, 0.4) is 0 Å². The van der Waals surface area contributed by atoms with E-state index in [1.807, 2.05) is 69.5 Å². The molecule has 9 heteroatoms. The smallest absolute Gasteiger partial charge is 0.410 e. The van der Waals surface area contributed by atoms with Crippen molar-refractivity contribution in [1.82, 2.24) is 15.0 Å². The van der Waals surface area contributed by atoms with Gasteiger partial charge in [-0.05, 0) is 57.2 Å². The highest BCUT2D eigenvalue weighted by Crippen LogP contribution is 2.22. The minimum Gasteiger partial charge on any atom is -0.444 e. The summed E-state index contributed by atoms with van der Waals surface area (Å²) in [4.78, 5) is 32.0. The molecular weight excluding hydrogens is 440 g/mol. The largest absolute Gasteiger partial charge is 0.444 e. The van der Waals surface area contributed by atoms with Gasteiger partial charge in [0.25, 0.3) is 0 Å². The summed E-state index contributed by atoms with van der Waals surface area (Å²) in [6.07, 6.45) is 1.04. The Morgan fingerprint density at radius 1 is 1.18 bits per heavy atom. The second kappa shape index (κ2) is 11.1. The molecule has 0 unspecified atom stereocenters. The van der Waals surface area contributed by atoms with Crippen LogP contribution in [0.2, 0.25) is 0 Å². The van der Waals surface area contributed by atoms with Gasteiger partial charge in [-0.15, -0.1) is 11.3 Å². The van der Waals surface area contributed by atoms with Gasteiger partial charge in [0, 0.05) is 25.1 Å². The number of hydrogen-bond donors (Lipinski definition) is 1. The summed E-state index contributed by atoms with van der Waals surface area (Å²) in [6.45, 7) is 8.25. The summed E-state index contributed by atoms with van der Waals surface area (Å²) in [5.41, 5.74) is 0.958. The Morgan fingerprint density at radius 3 is 2.67 bits per heavy atom. The van der Waals surface area contributed by atoms with Crippen LogP contribution in [0.4, 0.5) is 10.5 Å². The maximum atomic E-state index is 12.5. The number of aryl methyl sites for hydroxylation is 1. The van der Waals surface area contributed by atoms with Gasteiger partial charge in [-0.3, -0.25) is 4.79 Å². The first kappa shape index (κ1) is 24.4. The van der Waals surface area contributed by atoms with E-state index in [9.17, 15) is 9.59 Å². The normalized spacial score (nSPS) is 11.3. The van der Waals surface area contributed by atoms with E-state index in [1.54, 1.807) is 16.2 Å². The van der Waals surface area contributed by atoms with E-state index in [-0.39, 0.29) is 12.0 Å². The van der Waals surface area contributed by atoms with Gasteiger partial charge < -0.3 is 19.5 Å². The number of ether oxygens (including phenoxy) is 1. The first-order valence-electron chi connectivity index (χ1n) is 11.0. The molecule has 0 spiro atoms. The predicted molar refractivity (Wildman–Crippen MR) is 128 cm³/mol. The van der Waals surface area contributed by atoms with Gasteiger partial charge in [-0.2, -0.15) is 4.98 Å². The first-order valence-corrected chi connectivity index (χ1v) is 11.9. The molecule has 176 valence electrons. The number of carbonyl (C=O) groups excluding carboxylic acids is 2. The molecule has 0 aliphatic carbocycles. The summed E-state index contributed by atoms with van der Waals surface area (Å²) < 4.78 is 10.8. The maximum absolute atomic E-state index is 12.5. The van der Waals surface area contributed by atoms with E-state index in [4.69, 9.17) is 9.26 Å². The monoisotopic (exact) mass is 470 g/mol. The third-order valence-electron chi connectivity index (χ3n) is 4.69. The highest BCUT2D eigenvalue weighted by atomic mass is 32.1. The van der Waals surface area contributed by atoms with Gasteiger partial charge in [-0.1, -0.05) is 29.4 Å². The van der Waals surface area contributed by atoms with Crippen molar-refractivity contribution in [3.8, 4) is 10.7 Å². The lowest BCUT2D eigenvalue weighted by molar-refractivity contribution is -0.116. The van der Waals surface area contributed by atoms with Gasteiger partial charge in [0.1, 0.15) is 5.60 Å². The number of nitrogens with zero attached hydrogens (tertiary/aromatic N) is 3. The number of amides is 2. The molecule has 0 radical (unpaired) electrons. The number of anilines is 1. The highest BCUT2D eigenvalue weighted by Gasteiger charge is 2.22. The van der Waals surface area contributed by atoms with Crippen molar-refractivity contribution in [2.24, 2.45) is 0 Å². The van der Waals surface area contributed by atoms with Gasteiger partial charge in [0.15, 0.2) is 0 Å². The Balaban J connectivity index is 1.53. The van der Waals surface area contributed by atoms with Crippen LogP contribution in [0.25, 0.3) is 10.7 Å². The zero-order valence-corrected chi connectivity index (χ0v) is 20.3. The maximum Gasteiger partial charge on any atom is 0.410 e. The number of para-hydroxylation sites is 1. The summed E-state index contributed by atoms with van der Waals surface area (Å²) in [5, 5.41) is 8.91. The van der Waals surface area contributed by atoms with Gasteiger partial charge in [0.05, 0.1) is 11.4 Å². The molecule has 2 amide bonds. The number of thiophene rings is 1. The molecule has 3 aromatic rings. The van der Waals surface area contributed by atoms with Gasteiger partial charge >= 0.3 is 6.09 Å². The molecule has 2 heterocycles. The fourth-order valence-corrected chi connectivity index (χ4v) is 3.74. The van der Waals surface area contributed by atoms with Gasteiger partial charge in [0.2, 0.25) is 17.6 Å². The SMILES string of the molecule is CCN(Cc1ccccc1NC(=O)CCCc1nc(-c2cccs2)no1)C(=O)OC(C)(C)C. The van der Waals surface area contributed by atoms with E-state index in [0.717, 1.165) is 10.4 Å². The Hall–Kier alpha value is -3.20. The van der Waals surface area contributed by atoms with Crippen LogP contribution in [-0.2, 0) is 22.5 Å². The van der Waals surface area contributed by atoms with Crippen molar-refractivity contribution in [3.63, 3.8) is 0 Å². The molecule has 33 heavy (non-hydrogen) atoms. The van der Waals surface area contributed by atoms with Crippen LogP contribution >= 0.6 is 11.3 Å². The number of aromatic nitrogens is 2. The zero-order chi connectivity index (χ0) is 23.8. The Bertz CT molecular complexity index is 1060. The zero-order valence-electron chi connectivity index (χ0n) is 19.5. The van der Waals surface area contributed by atoms with Crippen molar-refractivity contribution in [3.05, 3.63) is 53.2 Å². The number of benzene rings is 1. The van der Waals surface area contributed by atoms with E-state index < -0.39 is 5.60 Å². The quantitative estimate of drug-likeness (QED) is 0.442. The third-order valence-corrected chi connectivity index (χ3v) is 5.56. The summed E-state index contributed by atoms with van der Waals surface area (Å²) in [6, 6.07) is 11.3. The van der Waals surface area contributed by atoms with Crippen molar-refractivity contribution in [2.75, 3.05) is 11.9 Å². The molecule has 1 N–H and O–H groups in total. The third kappa shape index (κ3) is 7.42. The number of hydrogen-bond acceptors (Lipinski definition) is 7. The molecule has 1 aromatic carbocycles. The van der Waals surface area contributed by atoms with Crippen molar-refractivity contribution < 1.29 is 18.8 Å². The molecule has 8 nitrogen and oxygen atoms in total. The van der Waals surface area contributed by atoms with Crippen molar-refractivity contribution >= 4 is 29.0 Å². The molecule has 0 saturated heterocycles. The fourth-order valence-electron chi connectivity index (χ4n) is 3.09. The Labute approximate surface area is 197 Å². The molecule has 0 aliphatic rings. The van der Waals surface area contributed by atoms with Crippen LogP contribution in [0.15, 0.2) is 46.3 Å². The molecule has 2 aromatic heterocycles. The summed E-state index contributed by atoms with van der Waals surface area (Å²) >= 11 is 1.55. The minimum absolute atomic E-state index is 0.110. The number of nitrogens with one attached hydrogen (secondary N) is 1. The van der Waals surface area contributed by atoms with E-state index in [2.05, 4.69) is 15.5 Å². The molecular formula is C24H30N4O4S. The number of rotatable bonds is 9. The second-order valence-corrected chi connectivity index (χ2v) is 9.49. The van der Waals surface area contributed by atoms with Crippen molar-refractivity contribution in [1.29, 1.82) is 0 Å². The minimum atomic E-state index is -0.568. The summed E-state index contributed by atoms with van der Waals surface area (Å²) in [5.74, 6) is 0.979. The van der Waals surface area contributed by atoms with Gasteiger partial charge in [-0.25, -0.2) is 4.79 Å². The molecule has 0 atom stereocenters. The molecule has 0 saturated carbocycles. The van der Waals surface area contributed by atoms with Crippen LogP contribution < -0.4 is 5.32 Å². The lowest BCUT2D eigenvalue weighted by Gasteiger charge is -2.27. The van der Waals surface area contributed by atoms with Crippen LogP contribution in [0, 0.1) is 0 Å². The average Bonchev–Trinajstić information content (AvgIpc) is 3.43. The second-order valence-electron chi connectivity index (χ2n) is 8.54. The molecule has 3 rings (SSSR count). The predicted octanol–water partition coefficient (Wildman–Crippen LogP) is 5.52. The summed E-state index contributed by atoms with van der Waals surface area (Å²) in [7, 11) is 0. The van der Waals surface area contributed by atoms with E-state index in [1.165, 1.54) is 0 Å². The highest BCUT2D eigenvalue weighted by molar-refractivity contribution is 7.13. The Morgan fingerprint density at radius 2 is 1.97 bits per heavy atom. The van der Waals surface area contributed by atoms with E-state index >= 15 is 0 Å². The molecule has 0 fully saturated rings. The fraction of sp³-hybridized carbons (Fsp3) is 0.417. The van der Waals surface area contributed by atoms with E-state index in [0.29, 0.717) is 49.8 Å². The molecule has 0 aliphatic heterocycles. The van der Waals surface area contributed by atoms with Crippen LogP contribution in [0.5, 0.6) is 0 Å². The topological polar surface area (TPSA) is 97.6 Å². The lowest BCUT2D eigenvalue weighted by Crippen LogP contribution is -2.36. The van der Waals surface area contributed by atoms with Crippen molar-refractivity contribution in [2.45, 2.75) is 59.1 Å². The number of carbonyl (C=O) groups is 2. The first-order chi connectivity index (χ1) is 15.7. The average molecular weight is 471 g/mol. The Kier molecular flexibility index (Phi) is 8.21. The van der Waals surface area contributed by atoms with Crippen LogP contribution in [0.1, 0.15) is 52.0 Å².